The number of hydrogen-bond donors (Lipinski definition) is 0. The van der Waals surface area contributed by atoms with Gasteiger partial charge in [0.15, 0.2) is 0 Å². The lowest BCUT2D eigenvalue weighted by atomic mass is 9.98. The molecule has 0 aliphatic heterocycles. The summed E-state index contributed by atoms with van der Waals surface area (Å²) in [4.78, 5) is 2.34. The smallest absolute Gasteiger partial charge is 0.119 e. The van der Waals surface area contributed by atoms with Gasteiger partial charge < -0.3 is 9.64 Å². The Bertz CT molecular complexity index is 1060. The van der Waals surface area contributed by atoms with Gasteiger partial charge in [0, 0.05) is 17.4 Å². The van der Waals surface area contributed by atoms with E-state index in [1.165, 1.54) is 27.6 Å². The molecule has 2 heteroatoms. The summed E-state index contributed by atoms with van der Waals surface area (Å²) in [5.74, 6) is 0.874. The second-order valence-electron chi connectivity index (χ2n) is 7.24. The molecule has 0 saturated carbocycles. The molecular weight excluding hydrogens is 342 g/mol. The van der Waals surface area contributed by atoms with Crippen LogP contribution in [0, 0.1) is 0 Å². The number of anilines is 2. The van der Waals surface area contributed by atoms with Gasteiger partial charge in [-0.1, -0.05) is 54.6 Å². The first-order valence-electron chi connectivity index (χ1n) is 9.69. The molecule has 2 nitrogen and oxygen atoms in total. The van der Waals surface area contributed by atoms with Gasteiger partial charge in [0.1, 0.15) is 5.75 Å². The standard InChI is InChI=1S/C26H25NO/c1-19(2)27(23-15-17-24(28-3)18-16-23)22-13-11-21(12-14-22)26-10-6-8-20-7-4-5-9-25(20)26/h4-19H,1-3H3. The minimum Gasteiger partial charge on any atom is -0.497 e. The van der Waals surface area contributed by atoms with Crippen LogP contribution in [0.15, 0.2) is 91.0 Å². The predicted molar refractivity (Wildman–Crippen MR) is 120 cm³/mol. The maximum absolute atomic E-state index is 5.30. The first kappa shape index (κ1) is 18.1. The van der Waals surface area contributed by atoms with E-state index in [9.17, 15) is 0 Å². The summed E-state index contributed by atoms with van der Waals surface area (Å²) < 4.78 is 5.30. The third kappa shape index (κ3) is 3.46. The first-order chi connectivity index (χ1) is 13.7. The Morgan fingerprint density at radius 1 is 0.679 bits per heavy atom. The lowest BCUT2D eigenvalue weighted by Gasteiger charge is -2.29. The number of hydrogen-bond acceptors (Lipinski definition) is 2. The van der Waals surface area contributed by atoms with Crippen LogP contribution in [0.3, 0.4) is 0 Å². The molecule has 4 aromatic rings. The van der Waals surface area contributed by atoms with Gasteiger partial charge >= 0.3 is 0 Å². The number of methoxy groups -OCH3 is 1. The molecule has 0 aliphatic carbocycles. The quantitative estimate of drug-likeness (QED) is 0.374. The highest BCUT2D eigenvalue weighted by atomic mass is 16.5. The number of ether oxygens (including phenoxy) is 1. The van der Waals surface area contributed by atoms with Crippen molar-refractivity contribution in [1.29, 1.82) is 0 Å². The maximum atomic E-state index is 5.30. The Morgan fingerprint density at radius 3 is 1.93 bits per heavy atom. The maximum Gasteiger partial charge on any atom is 0.119 e. The van der Waals surface area contributed by atoms with E-state index in [1.807, 2.05) is 12.1 Å². The molecule has 140 valence electrons. The van der Waals surface area contributed by atoms with Gasteiger partial charge in [-0.3, -0.25) is 0 Å². The third-order valence-electron chi connectivity index (χ3n) is 5.11. The number of rotatable bonds is 5. The molecule has 4 aromatic carbocycles. The summed E-state index contributed by atoms with van der Waals surface area (Å²) in [6.07, 6.45) is 0. The highest BCUT2D eigenvalue weighted by Gasteiger charge is 2.14. The van der Waals surface area contributed by atoms with Crippen molar-refractivity contribution in [3.63, 3.8) is 0 Å². The van der Waals surface area contributed by atoms with Gasteiger partial charge in [-0.15, -0.1) is 0 Å². The fourth-order valence-electron chi connectivity index (χ4n) is 3.77. The van der Waals surface area contributed by atoms with Crippen molar-refractivity contribution in [3.8, 4) is 16.9 Å². The van der Waals surface area contributed by atoms with Gasteiger partial charge in [-0.25, -0.2) is 0 Å². The SMILES string of the molecule is COc1ccc(N(c2ccc(-c3cccc4ccccc34)cc2)C(C)C)cc1. The second-order valence-corrected chi connectivity index (χ2v) is 7.24. The van der Waals surface area contributed by atoms with E-state index in [-0.39, 0.29) is 0 Å². The molecule has 0 aliphatic rings. The van der Waals surface area contributed by atoms with E-state index in [2.05, 4.69) is 97.6 Å². The van der Waals surface area contributed by atoms with Crippen molar-refractivity contribution in [1.82, 2.24) is 0 Å². The largest absolute Gasteiger partial charge is 0.497 e. The van der Waals surface area contributed by atoms with Crippen LogP contribution >= 0.6 is 0 Å². The van der Waals surface area contributed by atoms with E-state index in [0.29, 0.717) is 6.04 Å². The lowest BCUT2D eigenvalue weighted by Crippen LogP contribution is -2.25. The average molecular weight is 367 g/mol. The molecule has 0 amide bonds. The van der Waals surface area contributed by atoms with Crippen LogP contribution in [0.4, 0.5) is 11.4 Å². The zero-order valence-corrected chi connectivity index (χ0v) is 16.6. The summed E-state index contributed by atoms with van der Waals surface area (Å²) in [5.41, 5.74) is 4.85. The zero-order valence-electron chi connectivity index (χ0n) is 16.6. The molecule has 0 bridgehead atoms. The highest BCUT2D eigenvalue weighted by molar-refractivity contribution is 5.96. The van der Waals surface area contributed by atoms with Crippen LogP contribution in [0.25, 0.3) is 21.9 Å². The molecule has 0 fully saturated rings. The predicted octanol–water partition coefficient (Wildman–Crippen LogP) is 7.06. The molecule has 0 unspecified atom stereocenters. The number of fused-ring (bicyclic) bond motifs is 1. The highest BCUT2D eigenvalue weighted by Crippen LogP contribution is 2.33. The molecule has 0 radical (unpaired) electrons. The lowest BCUT2D eigenvalue weighted by molar-refractivity contribution is 0.415. The minimum atomic E-state index is 0.344. The topological polar surface area (TPSA) is 12.5 Å². The van der Waals surface area contributed by atoms with Crippen LogP contribution < -0.4 is 9.64 Å². The van der Waals surface area contributed by atoms with Crippen molar-refractivity contribution in [2.24, 2.45) is 0 Å². The summed E-state index contributed by atoms with van der Waals surface area (Å²) in [6, 6.07) is 32.5. The van der Waals surface area contributed by atoms with Gasteiger partial charge in [-0.2, -0.15) is 0 Å². The number of benzene rings is 4. The Labute approximate surface area is 167 Å². The molecule has 4 rings (SSSR count). The second kappa shape index (κ2) is 7.77. The van der Waals surface area contributed by atoms with Crippen LogP contribution in [0.1, 0.15) is 13.8 Å². The van der Waals surface area contributed by atoms with Gasteiger partial charge in [0.05, 0.1) is 7.11 Å². The molecular formula is C26H25NO. The summed E-state index contributed by atoms with van der Waals surface area (Å²) in [5, 5.41) is 2.56. The van der Waals surface area contributed by atoms with E-state index in [4.69, 9.17) is 4.74 Å². The van der Waals surface area contributed by atoms with E-state index in [0.717, 1.165) is 11.4 Å². The first-order valence-corrected chi connectivity index (χ1v) is 9.69. The van der Waals surface area contributed by atoms with Crippen LogP contribution in [0.5, 0.6) is 5.75 Å². The van der Waals surface area contributed by atoms with E-state index >= 15 is 0 Å². The Kier molecular flexibility index (Phi) is 5.03. The molecule has 0 heterocycles. The molecule has 0 aromatic heterocycles. The van der Waals surface area contributed by atoms with E-state index < -0.39 is 0 Å². The van der Waals surface area contributed by atoms with Gasteiger partial charge in [0.2, 0.25) is 0 Å². The summed E-state index contributed by atoms with van der Waals surface area (Å²) in [7, 11) is 1.70. The minimum absolute atomic E-state index is 0.344. The van der Waals surface area contributed by atoms with Gasteiger partial charge in [0.25, 0.3) is 0 Å². The van der Waals surface area contributed by atoms with Crippen molar-refractivity contribution in [2.45, 2.75) is 19.9 Å². The number of nitrogens with zero attached hydrogens (tertiary/aromatic N) is 1. The van der Waals surface area contributed by atoms with Gasteiger partial charge in [-0.05, 0) is 72.1 Å². The molecule has 0 atom stereocenters. The molecule has 0 saturated heterocycles. The summed E-state index contributed by atoms with van der Waals surface area (Å²) in [6.45, 7) is 4.42. The fourth-order valence-corrected chi connectivity index (χ4v) is 3.77. The van der Waals surface area contributed by atoms with Crippen molar-refractivity contribution < 1.29 is 4.74 Å². The summed E-state index contributed by atoms with van der Waals surface area (Å²) >= 11 is 0. The van der Waals surface area contributed by atoms with Crippen LogP contribution in [-0.2, 0) is 0 Å². The third-order valence-corrected chi connectivity index (χ3v) is 5.11. The van der Waals surface area contributed by atoms with Crippen LogP contribution in [0.2, 0.25) is 0 Å². The monoisotopic (exact) mass is 367 g/mol. The van der Waals surface area contributed by atoms with Crippen LogP contribution in [-0.4, -0.2) is 13.2 Å². The Balaban J connectivity index is 1.71. The zero-order chi connectivity index (χ0) is 19.5. The Morgan fingerprint density at radius 2 is 1.29 bits per heavy atom. The normalized spacial score (nSPS) is 11.0. The van der Waals surface area contributed by atoms with E-state index in [1.54, 1.807) is 7.11 Å². The van der Waals surface area contributed by atoms with Crippen molar-refractivity contribution >= 4 is 22.1 Å². The van der Waals surface area contributed by atoms with Crippen molar-refractivity contribution in [3.05, 3.63) is 91.0 Å². The average Bonchev–Trinajstić information content (AvgIpc) is 2.74. The molecule has 0 N–H and O–H groups in total. The molecule has 28 heavy (non-hydrogen) atoms. The molecule has 0 spiro atoms. The Hall–Kier alpha value is -3.26. The van der Waals surface area contributed by atoms with Crippen molar-refractivity contribution in [2.75, 3.05) is 12.0 Å². The fraction of sp³-hybridized carbons (Fsp3) is 0.154.